The summed E-state index contributed by atoms with van der Waals surface area (Å²) in [5, 5.41) is 3.51. The van der Waals surface area contributed by atoms with Gasteiger partial charge in [-0.1, -0.05) is 6.92 Å². The smallest absolute Gasteiger partial charge is 0.0971 e. The molecule has 0 amide bonds. The van der Waals surface area contributed by atoms with Gasteiger partial charge in [0.15, 0.2) is 0 Å². The van der Waals surface area contributed by atoms with E-state index in [-0.39, 0.29) is 12.2 Å². The molecule has 0 radical (unpaired) electrons. The summed E-state index contributed by atoms with van der Waals surface area (Å²) >= 11 is 0. The lowest BCUT2D eigenvalue weighted by molar-refractivity contribution is -0.00461. The Kier molecular flexibility index (Phi) is 4.42. The van der Waals surface area contributed by atoms with Crippen molar-refractivity contribution in [2.45, 2.75) is 32.0 Å². The third-order valence-electron chi connectivity index (χ3n) is 4.19. The second-order valence-electron chi connectivity index (χ2n) is 5.83. The van der Waals surface area contributed by atoms with Crippen LogP contribution >= 0.6 is 0 Å². The Bertz CT molecular complexity index is 230. The van der Waals surface area contributed by atoms with Gasteiger partial charge < -0.3 is 14.8 Å². The monoisotopic (exact) mass is 242 g/mol. The molecule has 2 saturated heterocycles. The molecule has 0 saturated carbocycles. The predicted molar refractivity (Wildman–Crippen MR) is 68.2 cm³/mol. The van der Waals surface area contributed by atoms with E-state index in [1.54, 1.807) is 14.2 Å². The van der Waals surface area contributed by atoms with Gasteiger partial charge in [0.25, 0.3) is 0 Å². The van der Waals surface area contributed by atoms with Gasteiger partial charge >= 0.3 is 0 Å². The first kappa shape index (κ1) is 13.3. The van der Waals surface area contributed by atoms with Crippen LogP contribution in [0.15, 0.2) is 0 Å². The van der Waals surface area contributed by atoms with Crippen molar-refractivity contribution in [3.05, 3.63) is 0 Å². The zero-order valence-electron chi connectivity index (χ0n) is 11.4. The maximum atomic E-state index is 5.48. The van der Waals surface area contributed by atoms with E-state index in [4.69, 9.17) is 9.47 Å². The van der Waals surface area contributed by atoms with E-state index in [9.17, 15) is 0 Å². The third-order valence-corrected chi connectivity index (χ3v) is 4.19. The molecule has 2 aliphatic heterocycles. The van der Waals surface area contributed by atoms with Crippen LogP contribution in [0.1, 0.15) is 19.8 Å². The average molecular weight is 242 g/mol. The Hall–Kier alpha value is -0.160. The maximum Gasteiger partial charge on any atom is 0.0971 e. The molecule has 2 aliphatic rings. The Balaban J connectivity index is 1.87. The topological polar surface area (TPSA) is 33.7 Å². The van der Waals surface area contributed by atoms with Crippen molar-refractivity contribution < 1.29 is 9.47 Å². The van der Waals surface area contributed by atoms with Gasteiger partial charge in [0.05, 0.1) is 12.2 Å². The summed E-state index contributed by atoms with van der Waals surface area (Å²) in [5.74, 6) is 0. The number of hydrogen-bond acceptors (Lipinski definition) is 4. The second-order valence-corrected chi connectivity index (χ2v) is 5.83. The van der Waals surface area contributed by atoms with Crippen molar-refractivity contribution in [2.24, 2.45) is 5.41 Å². The first-order chi connectivity index (χ1) is 8.17. The fourth-order valence-electron chi connectivity index (χ4n) is 3.19. The van der Waals surface area contributed by atoms with Crippen LogP contribution in [0.5, 0.6) is 0 Å². The van der Waals surface area contributed by atoms with E-state index in [0.29, 0.717) is 5.41 Å². The molecule has 3 unspecified atom stereocenters. The molecule has 3 atom stereocenters. The van der Waals surface area contributed by atoms with Gasteiger partial charge in [-0.3, -0.25) is 4.90 Å². The Morgan fingerprint density at radius 2 is 1.88 bits per heavy atom. The van der Waals surface area contributed by atoms with Crippen molar-refractivity contribution in [3.8, 4) is 0 Å². The minimum Gasteiger partial charge on any atom is -0.377 e. The fourth-order valence-corrected chi connectivity index (χ4v) is 3.19. The zero-order chi connectivity index (χ0) is 12.3. The molecule has 4 heteroatoms. The highest BCUT2D eigenvalue weighted by molar-refractivity contribution is 4.91. The van der Waals surface area contributed by atoms with Gasteiger partial charge in [0.1, 0.15) is 0 Å². The van der Waals surface area contributed by atoms with E-state index >= 15 is 0 Å². The van der Waals surface area contributed by atoms with E-state index in [2.05, 4.69) is 17.1 Å². The molecular weight excluding hydrogens is 216 g/mol. The summed E-state index contributed by atoms with van der Waals surface area (Å²) in [6.45, 7) is 7.87. The van der Waals surface area contributed by atoms with Crippen LogP contribution in [0.4, 0.5) is 0 Å². The van der Waals surface area contributed by atoms with Crippen LogP contribution < -0.4 is 5.32 Å². The summed E-state index contributed by atoms with van der Waals surface area (Å²) in [6, 6.07) is 0. The summed E-state index contributed by atoms with van der Waals surface area (Å²) < 4.78 is 11.0. The summed E-state index contributed by atoms with van der Waals surface area (Å²) in [6.07, 6.45) is 3.10. The van der Waals surface area contributed by atoms with Gasteiger partial charge in [-0.15, -0.1) is 0 Å². The van der Waals surface area contributed by atoms with E-state index in [1.165, 1.54) is 19.4 Å². The second kappa shape index (κ2) is 5.65. The quantitative estimate of drug-likeness (QED) is 0.788. The minimum absolute atomic E-state index is 0.236. The fraction of sp³-hybridized carbons (Fsp3) is 1.00. The number of piperidine rings is 1. The lowest BCUT2D eigenvalue weighted by Crippen LogP contribution is -2.45. The number of methoxy groups -OCH3 is 2. The highest BCUT2D eigenvalue weighted by atomic mass is 16.5. The Morgan fingerprint density at radius 1 is 1.24 bits per heavy atom. The molecule has 4 nitrogen and oxygen atoms in total. The molecule has 2 heterocycles. The average Bonchev–Trinajstić information content (AvgIpc) is 2.71. The van der Waals surface area contributed by atoms with Crippen LogP contribution in [-0.2, 0) is 9.47 Å². The number of hydrogen-bond donors (Lipinski definition) is 1. The molecule has 0 bridgehead atoms. The van der Waals surface area contributed by atoms with Gasteiger partial charge in [-0.2, -0.15) is 0 Å². The van der Waals surface area contributed by atoms with E-state index in [1.807, 2.05) is 0 Å². The molecule has 2 fully saturated rings. The van der Waals surface area contributed by atoms with Crippen molar-refractivity contribution in [1.82, 2.24) is 10.2 Å². The molecule has 0 aliphatic carbocycles. The minimum atomic E-state index is 0.236. The molecular formula is C13H26N2O2. The lowest BCUT2D eigenvalue weighted by Gasteiger charge is -2.37. The zero-order valence-corrected chi connectivity index (χ0v) is 11.4. The molecule has 1 N–H and O–H groups in total. The van der Waals surface area contributed by atoms with Crippen molar-refractivity contribution in [2.75, 3.05) is 46.9 Å². The largest absolute Gasteiger partial charge is 0.377 e. The number of nitrogens with zero attached hydrogens (tertiary/aromatic N) is 1. The normalized spacial score (nSPS) is 39.7. The van der Waals surface area contributed by atoms with Gasteiger partial charge in [-0.05, 0) is 24.8 Å². The van der Waals surface area contributed by atoms with Crippen molar-refractivity contribution in [1.29, 1.82) is 0 Å². The predicted octanol–water partition coefficient (Wildman–Crippen LogP) is 0.722. The summed E-state index contributed by atoms with van der Waals surface area (Å²) in [4.78, 5) is 2.50. The van der Waals surface area contributed by atoms with Crippen LogP contribution in [0.2, 0.25) is 0 Å². The van der Waals surface area contributed by atoms with Crippen molar-refractivity contribution >= 4 is 0 Å². The Labute approximate surface area is 105 Å². The summed E-state index contributed by atoms with van der Waals surface area (Å²) in [5.41, 5.74) is 0.416. The molecule has 0 aromatic heterocycles. The number of ether oxygens (including phenoxy) is 2. The van der Waals surface area contributed by atoms with Crippen LogP contribution in [-0.4, -0.2) is 64.1 Å². The lowest BCUT2D eigenvalue weighted by atomic mass is 9.82. The Morgan fingerprint density at radius 3 is 2.35 bits per heavy atom. The van der Waals surface area contributed by atoms with Crippen molar-refractivity contribution in [3.63, 3.8) is 0 Å². The standard InChI is InChI=1S/C13H26N2O2/c1-13(5-4-6-14-9-13)10-15-7-11(16-2)12(8-15)17-3/h11-12,14H,4-10H2,1-3H3. The summed E-state index contributed by atoms with van der Waals surface area (Å²) in [7, 11) is 3.56. The number of likely N-dealkylation sites (tertiary alicyclic amines) is 1. The maximum absolute atomic E-state index is 5.48. The molecule has 2 rings (SSSR count). The number of rotatable bonds is 4. The van der Waals surface area contributed by atoms with Crippen LogP contribution in [0.3, 0.4) is 0 Å². The highest BCUT2D eigenvalue weighted by Crippen LogP contribution is 2.28. The van der Waals surface area contributed by atoms with Crippen LogP contribution in [0.25, 0.3) is 0 Å². The van der Waals surface area contributed by atoms with E-state index in [0.717, 1.165) is 26.2 Å². The van der Waals surface area contributed by atoms with Crippen LogP contribution in [0, 0.1) is 5.41 Å². The molecule has 0 aromatic rings. The van der Waals surface area contributed by atoms with Gasteiger partial charge in [0, 0.05) is 40.4 Å². The van der Waals surface area contributed by atoms with Gasteiger partial charge in [0.2, 0.25) is 0 Å². The molecule has 0 aromatic carbocycles. The highest BCUT2D eigenvalue weighted by Gasteiger charge is 2.37. The van der Waals surface area contributed by atoms with E-state index < -0.39 is 0 Å². The SMILES string of the molecule is COC1CN(CC2(C)CCCNC2)CC1OC. The molecule has 0 spiro atoms. The first-order valence-electron chi connectivity index (χ1n) is 6.65. The molecule has 17 heavy (non-hydrogen) atoms. The molecule has 100 valence electrons. The van der Waals surface area contributed by atoms with Gasteiger partial charge in [-0.25, -0.2) is 0 Å². The number of nitrogens with one attached hydrogen (secondary N) is 1. The first-order valence-corrected chi connectivity index (χ1v) is 6.65. The third kappa shape index (κ3) is 3.19.